The molecular weight excluding hydrogens is 451 g/mol. The van der Waals surface area contributed by atoms with Crippen LogP contribution in [0.5, 0.6) is 0 Å². The summed E-state index contributed by atoms with van der Waals surface area (Å²) in [4.78, 5) is 12.5. The molecule has 11 heteroatoms. The van der Waals surface area contributed by atoms with Gasteiger partial charge >= 0.3 is 6.18 Å². The summed E-state index contributed by atoms with van der Waals surface area (Å²) < 4.78 is 40.3. The number of aromatic nitrogens is 4. The number of para-hydroxylation sites is 1. The van der Waals surface area contributed by atoms with E-state index in [9.17, 15) is 18.0 Å². The number of nitrogens with zero attached hydrogens (tertiary/aromatic N) is 4. The van der Waals surface area contributed by atoms with Gasteiger partial charge in [-0.1, -0.05) is 41.1 Å². The Hall–Kier alpha value is -3.24. The second-order valence-electron chi connectivity index (χ2n) is 6.48. The Morgan fingerprint density at radius 2 is 1.84 bits per heavy atom. The zero-order valence-electron chi connectivity index (χ0n) is 15.8. The van der Waals surface area contributed by atoms with Gasteiger partial charge in [-0.05, 0) is 37.3 Å². The molecule has 0 aliphatic carbocycles. The van der Waals surface area contributed by atoms with Gasteiger partial charge in [-0.25, -0.2) is 4.68 Å². The van der Waals surface area contributed by atoms with Gasteiger partial charge in [0.2, 0.25) is 10.6 Å². The second-order valence-corrected chi connectivity index (χ2v) is 7.86. The fraction of sp³-hybridized carbons (Fsp3) is 0.100. The number of anilines is 2. The van der Waals surface area contributed by atoms with Crippen molar-refractivity contribution in [2.45, 2.75) is 13.1 Å². The largest absolute Gasteiger partial charge is 0.416 e. The molecule has 2 aromatic carbocycles. The summed E-state index contributed by atoms with van der Waals surface area (Å²) in [6.07, 6.45) is -4.46. The molecule has 4 rings (SSSR count). The zero-order chi connectivity index (χ0) is 22.2. The third kappa shape index (κ3) is 4.44. The Labute approximate surface area is 183 Å². The third-order valence-electron chi connectivity index (χ3n) is 4.26. The molecule has 2 heterocycles. The summed E-state index contributed by atoms with van der Waals surface area (Å²) in [7, 11) is 0. The van der Waals surface area contributed by atoms with Crippen molar-refractivity contribution in [3.05, 3.63) is 81.1 Å². The Balaban J connectivity index is 1.68. The highest BCUT2D eigenvalue weighted by molar-refractivity contribution is 7.18. The molecule has 0 bridgehead atoms. The summed E-state index contributed by atoms with van der Waals surface area (Å²) in [5, 5.41) is 16.0. The second kappa shape index (κ2) is 8.12. The molecule has 0 radical (unpaired) electrons. The van der Waals surface area contributed by atoms with Crippen LogP contribution < -0.4 is 10.7 Å². The van der Waals surface area contributed by atoms with Crippen molar-refractivity contribution in [1.29, 1.82) is 0 Å². The van der Waals surface area contributed by atoms with Crippen molar-refractivity contribution in [2.75, 3.05) is 5.32 Å². The number of alkyl halides is 3. The Morgan fingerprint density at radius 1 is 1.06 bits per heavy atom. The first-order valence-electron chi connectivity index (χ1n) is 8.86. The van der Waals surface area contributed by atoms with Crippen molar-refractivity contribution < 1.29 is 13.2 Å². The predicted octanol–water partition coefficient (Wildman–Crippen LogP) is 5.48. The van der Waals surface area contributed by atoms with E-state index in [1.54, 1.807) is 31.2 Å². The molecule has 0 unspecified atom stereocenters. The van der Waals surface area contributed by atoms with Gasteiger partial charge in [0.1, 0.15) is 0 Å². The lowest BCUT2D eigenvalue weighted by atomic mass is 10.2. The molecule has 158 valence electrons. The molecule has 0 saturated heterocycles. The molecule has 0 atom stereocenters. The molecule has 1 N–H and O–H groups in total. The average Bonchev–Trinajstić information content (AvgIpc) is 3.16. The van der Waals surface area contributed by atoms with Gasteiger partial charge < -0.3 is 5.32 Å². The molecule has 0 amide bonds. The fourth-order valence-electron chi connectivity index (χ4n) is 2.83. The zero-order valence-corrected chi connectivity index (χ0v) is 17.4. The standard InChI is InChI=1S/C20H13ClF3N5OS/c1-11-9-16(30)17(28-29(11)15-8-3-2-7-14(15)21)18-26-27-19(31-18)25-13-6-4-5-12(10-13)20(22,23)24/h2-10H,1H3,(H,25,27). The number of hydrogen-bond acceptors (Lipinski definition) is 6. The van der Waals surface area contributed by atoms with Crippen molar-refractivity contribution in [3.8, 4) is 16.4 Å². The molecule has 0 fully saturated rings. The van der Waals surface area contributed by atoms with Gasteiger partial charge in [0.25, 0.3) is 0 Å². The van der Waals surface area contributed by atoms with Gasteiger partial charge in [0.05, 0.1) is 16.3 Å². The van der Waals surface area contributed by atoms with Crippen LogP contribution in [-0.2, 0) is 6.18 Å². The monoisotopic (exact) mass is 463 g/mol. The van der Waals surface area contributed by atoms with E-state index in [0.29, 0.717) is 16.4 Å². The maximum Gasteiger partial charge on any atom is 0.416 e. The molecule has 0 aliphatic rings. The van der Waals surface area contributed by atoms with Crippen molar-refractivity contribution >= 4 is 33.8 Å². The number of benzene rings is 2. The fourth-order valence-corrected chi connectivity index (χ4v) is 3.80. The van der Waals surface area contributed by atoms with Gasteiger partial charge in [0.15, 0.2) is 10.7 Å². The molecule has 2 aromatic heterocycles. The molecule has 6 nitrogen and oxygen atoms in total. The Bertz CT molecular complexity index is 1320. The van der Waals surface area contributed by atoms with E-state index in [1.165, 1.54) is 22.9 Å². The highest BCUT2D eigenvalue weighted by Gasteiger charge is 2.30. The molecule has 31 heavy (non-hydrogen) atoms. The van der Waals surface area contributed by atoms with E-state index < -0.39 is 11.7 Å². The van der Waals surface area contributed by atoms with Crippen LogP contribution in [0.3, 0.4) is 0 Å². The Morgan fingerprint density at radius 3 is 2.58 bits per heavy atom. The number of rotatable bonds is 4. The molecule has 4 aromatic rings. The minimum absolute atomic E-state index is 0.0557. The first-order chi connectivity index (χ1) is 14.7. The maximum absolute atomic E-state index is 12.9. The summed E-state index contributed by atoms with van der Waals surface area (Å²) in [6, 6.07) is 13.2. The van der Waals surface area contributed by atoms with Crippen LogP contribution in [0.2, 0.25) is 5.02 Å². The summed E-state index contributed by atoms with van der Waals surface area (Å²) in [5.74, 6) is 0. The number of halogens is 4. The van der Waals surface area contributed by atoms with Crippen LogP contribution in [0.4, 0.5) is 24.0 Å². The molecule has 0 spiro atoms. The first-order valence-corrected chi connectivity index (χ1v) is 10.1. The van der Waals surface area contributed by atoms with E-state index in [-0.39, 0.29) is 26.9 Å². The van der Waals surface area contributed by atoms with Gasteiger partial charge in [-0.2, -0.15) is 18.3 Å². The van der Waals surface area contributed by atoms with E-state index in [1.807, 2.05) is 0 Å². The summed E-state index contributed by atoms with van der Waals surface area (Å²) in [5.41, 5.74) is 0.277. The van der Waals surface area contributed by atoms with Crippen molar-refractivity contribution in [3.63, 3.8) is 0 Å². The lowest BCUT2D eigenvalue weighted by molar-refractivity contribution is -0.137. The highest BCUT2D eigenvalue weighted by atomic mass is 35.5. The van der Waals surface area contributed by atoms with Crippen molar-refractivity contribution in [2.24, 2.45) is 0 Å². The topological polar surface area (TPSA) is 72.7 Å². The quantitative estimate of drug-likeness (QED) is 0.434. The van der Waals surface area contributed by atoms with Crippen LogP contribution in [0.15, 0.2) is 59.4 Å². The van der Waals surface area contributed by atoms with Crippen molar-refractivity contribution in [1.82, 2.24) is 20.0 Å². The lowest BCUT2D eigenvalue weighted by Crippen LogP contribution is -2.16. The van der Waals surface area contributed by atoms with Gasteiger partial charge in [0, 0.05) is 17.4 Å². The number of hydrogen-bond donors (Lipinski definition) is 1. The average molecular weight is 464 g/mol. The van der Waals surface area contributed by atoms with E-state index >= 15 is 0 Å². The van der Waals surface area contributed by atoms with E-state index in [0.717, 1.165) is 23.5 Å². The van der Waals surface area contributed by atoms with Crippen LogP contribution in [0, 0.1) is 6.92 Å². The smallest absolute Gasteiger partial charge is 0.330 e. The van der Waals surface area contributed by atoms with Gasteiger partial charge in [-0.3, -0.25) is 4.79 Å². The SMILES string of the molecule is Cc1cc(=O)c(-c2nnc(Nc3cccc(C(F)(F)F)c3)s2)nn1-c1ccccc1Cl. The normalized spacial score (nSPS) is 11.5. The maximum atomic E-state index is 12.9. The number of nitrogens with one attached hydrogen (secondary N) is 1. The van der Waals surface area contributed by atoms with Crippen LogP contribution in [-0.4, -0.2) is 20.0 Å². The van der Waals surface area contributed by atoms with Gasteiger partial charge in [-0.15, -0.1) is 10.2 Å². The Kier molecular flexibility index (Phi) is 5.50. The number of aryl methyl sites for hydroxylation is 1. The minimum Gasteiger partial charge on any atom is -0.330 e. The molecule has 0 aliphatic heterocycles. The summed E-state index contributed by atoms with van der Waals surface area (Å²) in [6.45, 7) is 1.72. The van der Waals surface area contributed by atoms with E-state index in [4.69, 9.17) is 11.6 Å². The minimum atomic E-state index is -4.46. The molecule has 0 saturated carbocycles. The summed E-state index contributed by atoms with van der Waals surface area (Å²) >= 11 is 7.25. The predicted molar refractivity (Wildman–Crippen MR) is 113 cm³/mol. The first kappa shape index (κ1) is 21.0. The van der Waals surface area contributed by atoms with Crippen LogP contribution in [0.1, 0.15) is 11.3 Å². The highest BCUT2D eigenvalue weighted by Crippen LogP contribution is 2.32. The third-order valence-corrected chi connectivity index (χ3v) is 5.42. The molecular formula is C20H13ClF3N5OS. The van der Waals surface area contributed by atoms with E-state index in [2.05, 4.69) is 20.6 Å². The van der Waals surface area contributed by atoms with Crippen LogP contribution in [0.25, 0.3) is 16.4 Å². The lowest BCUT2D eigenvalue weighted by Gasteiger charge is -2.11. The van der Waals surface area contributed by atoms with Crippen LogP contribution >= 0.6 is 22.9 Å².